The quantitative estimate of drug-likeness (QED) is 0.0332. The van der Waals surface area contributed by atoms with Crippen LogP contribution in [0.25, 0.3) is 42.7 Å². The SMILES string of the molecule is Cc1ccc(OCCN2CCN(S(=O)(=O)c3cc4[nH]c(=O)c(=O)[nH]c4cc3C)CC2)cc1.O=c1ccc(-c2ccc(S(=O)(=O)CCC3CCN(Cc4ccccc4F)CC3)s2)n[nH]1.O=c1ccc(-c2ccc(S(=O)(=O)N3CCC(CN4CCc5ccccc5C4)CC3)s2)n[nH]1.O=c1ccc(-c2ccc(S(=O)(=O)N3CCN(CCOc4ccc(Cl)cc4)CC3)s2)n[nH]1. The lowest BCUT2D eigenvalue weighted by Crippen LogP contribution is -2.49. The van der Waals surface area contributed by atoms with E-state index in [0.717, 1.165) is 99.1 Å². The van der Waals surface area contributed by atoms with Crippen LogP contribution in [-0.2, 0) is 59.4 Å². The van der Waals surface area contributed by atoms with Gasteiger partial charge in [-0.2, -0.15) is 28.2 Å². The largest absolute Gasteiger partial charge is 0.492 e. The molecule has 0 aliphatic carbocycles. The van der Waals surface area contributed by atoms with E-state index in [1.807, 2.05) is 55.5 Å². The summed E-state index contributed by atoms with van der Waals surface area (Å²) in [6.45, 7) is 16.8. The van der Waals surface area contributed by atoms with E-state index in [4.69, 9.17) is 21.1 Å². The Labute approximate surface area is 745 Å². The highest BCUT2D eigenvalue weighted by Crippen LogP contribution is 2.37. The topological polar surface area (TPSA) is 381 Å². The maximum Gasteiger partial charge on any atom is 0.314 e. The Hall–Kier alpha value is -9.88. The summed E-state index contributed by atoms with van der Waals surface area (Å²) in [5, 5.41) is 19.7. The number of halogens is 2. The summed E-state index contributed by atoms with van der Waals surface area (Å²) in [7, 11) is -14.2. The van der Waals surface area contributed by atoms with Gasteiger partial charge >= 0.3 is 11.1 Å². The van der Waals surface area contributed by atoms with Gasteiger partial charge in [-0.3, -0.25) is 43.6 Å². The smallest absolute Gasteiger partial charge is 0.314 e. The number of ether oxygens (including phenoxy) is 2. The Bertz CT molecular complexity index is 6500. The second-order valence-corrected chi connectivity index (χ2v) is 43.6. The van der Waals surface area contributed by atoms with E-state index in [-0.39, 0.29) is 42.9 Å². The Morgan fingerprint density at radius 2 is 0.905 bits per heavy atom. The third kappa shape index (κ3) is 24.1. The van der Waals surface area contributed by atoms with Gasteiger partial charge in [0.2, 0.25) is 10.0 Å². The molecule has 5 aliphatic heterocycles. The second-order valence-electron chi connectivity index (χ2n) is 31.3. The monoisotopic (exact) mass is 1870 g/mol. The van der Waals surface area contributed by atoms with Crippen LogP contribution in [0.1, 0.15) is 59.9 Å². The van der Waals surface area contributed by atoms with E-state index in [0.29, 0.717) is 167 Å². The average molecular weight is 1870 g/mol. The van der Waals surface area contributed by atoms with Crippen molar-refractivity contribution in [2.45, 2.75) is 83.0 Å². The highest BCUT2D eigenvalue weighted by molar-refractivity contribution is 7.93. The third-order valence-corrected chi connectivity index (χ3v) is 35.3. The first kappa shape index (κ1) is 92.3. The molecule has 0 radical (unpaired) electrons. The number of H-pyrrole nitrogens is 5. The van der Waals surface area contributed by atoms with Crippen molar-refractivity contribution in [1.29, 1.82) is 0 Å². The number of thiophene rings is 3. The molecule has 12 heterocycles. The number of nitrogens with one attached hydrogen (secondary N) is 5. The number of piperazine rings is 2. The molecule has 0 bridgehead atoms. The molecule has 666 valence electrons. The maximum absolute atomic E-state index is 13.9. The van der Waals surface area contributed by atoms with E-state index in [1.165, 1.54) is 78.3 Å². The zero-order valence-electron chi connectivity index (χ0n) is 69.3. The molecule has 39 heteroatoms. The minimum absolute atomic E-state index is 0.115. The minimum atomic E-state index is -3.74. The molecule has 0 atom stereocenters. The number of aromatic nitrogens is 8. The number of fused-ring (bicyclic) bond motifs is 2. The lowest BCUT2D eigenvalue weighted by molar-refractivity contribution is 0.159. The van der Waals surface area contributed by atoms with E-state index in [9.17, 15) is 62.0 Å². The molecule has 4 saturated heterocycles. The van der Waals surface area contributed by atoms with Gasteiger partial charge < -0.3 is 19.4 Å². The van der Waals surface area contributed by atoms with E-state index >= 15 is 0 Å². The Balaban J connectivity index is 0.000000136. The zero-order valence-corrected chi connectivity index (χ0v) is 75.7. The fourth-order valence-corrected chi connectivity index (χ4v) is 25.8. The van der Waals surface area contributed by atoms with Crippen molar-refractivity contribution in [3.8, 4) is 43.2 Å². The molecule has 126 heavy (non-hydrogen) atoms. The predicted octanol–water partition coefficient (Wildman–Crippen LogP) is 10.4. The van der Waals surface area contributed by atoms with Crippen LogP contribution < -0.4 is 37.3 Å². The average Bonchev–Trinajstić information content (AvgIpc) is 1.16. The number of hydrogen-bond acceptors (Lipinski definition) is 25. The highest BCUT2D eigenvalue weighted by Gasteiger charge is 2.35. The molecule has 0 unspecified atom stereocenters. The summed E-state index contributed by atoms with van der Waals surface area (Å²) in [5.74, 6) is 2.40. The number of nitrogens with zero attached hydrogens (tertiary/aromatic N) is 10. The van der Waals surface area contributed by atoms with Gasteiger partial charge in [0.15, 0.2) is 9.84 Å². The van der Waals surface area contributed by atoms with Crippen LogP contribution in [0.5, 0.6) is 11.5 Å². The number of aromatic amines is 5. The second kappa shape index (κ2) is 41.9. The first-order chi connectivity index (χ1) is 60.5. The van der Waals surface area contributed by atoms with Crippen molar-refractivity contribution in [2.75, 3.05) is 124 Å². The third-order valence-electron chi connectivity index (χ3n) is 22.7. The molecule has 12 aromatic rings. The number of sulfonamides is 3. The van der Waals surface area contributed by atoms with Crippen molar-refractivity contribution < 1.29 is 47.5 Å². The molecule has 5 aliphatic rings. The fraction of sp³-hybridized carbons (Fsp3) is 0.356. The van der Waals surface area contributed by atoms with Gasteiger partial charge in [0.25, 0.3) is 36.7 Å². The number of sulfone groups is 1. The molecule has 30 nitrogen and oxygen atoms in total. The van der Waals surface area contributed by atoms with Crippen LogP contribution in [-0.4, -0.2) is 230 Å². The number of aryl methyl sites for hydroxylation is 2. The molecule has 5 aromatic carbocycles. The first-order valence-corrected chi connectivity index (χ1v) is 50.1. The lowest BCUT2D eigenvalue weighted by Gasteiger charge is -2.36. The van der Waals surface area contributed by atoms with Gasteiger partial charge in [0.05, 0.1) is 36.3 Å². The Morgan fingerprint density at radius 1 is 0.452 bits per heavy atom. The molecular weight excluding hydrogens is 1770 g/mol. The number of rotatable bonds is 25. The van der Waals surface area contributed by atoms with Crippen LogP contribution in [0.15, 0.2) is 223 Å². The van der Waals surface area contributed by atoms with Gasteiger partial charge in [-0.05, 0) is 203 Å². The molecular formula is C87H97ClFN15O15S7. The molecule has 4 fully saturated rings. The summed E-state index contributed by atoms with van der Waals surface area (Å²) in [5.41, 5.74) is 5.13. The van der Waals surface area contributed by atoms with Crippen molar-refractivity contribution in [3.63, 3.8) is 0 Å². The van der Waals surface area contributed by atoms with Crippen LogP contribution in [0.2, 0.25) is 5.02 Å². The van der Waals surface area contributed by atoms with Crippen LogP contribution in [0.4, 0.5) is 4.39 Å². The van der Waals surface area contributed by atoms with Crippen molar-refractivity contribution >= 4 is 96.6 Å². The number of benzene rings is 5. The van der Waals surface area contributed by atoms with Crippen molar-refractivity contribution in [2.24, 2.45) is 11.8 Å². The molecule has 17 rings (SSSR count). The molecule has 7 aromatic heterocycles. The van der Waals surface area contributed by atoms with Gasteiger partial charge in [-0.15, -0.1) is 34.0 Å². The normalized spacial score (nSPS) is 16.5. The number of piperidine rings is 2. The van der Waals surface area contributed by atoms with Gasteiger partial charge in [-0.25, -0.2) is 53.4 Å². The van der Waals surface area contributed by atoms with Crippen LogP contribution >= 0.6 is 45.6 Å². The Kier molecular flexibility index (Phi) is 30.7. The summed E-state index contributed by atoms with van der Waals surface area (Å²) in [6.07, 6.45) is 5.32. The van der Waals surface area contributed by atoms with Crippen molar-refractivity contribution in [1.82, 2.24) is 73.1 Å². The number of hydrogen-bond donors (Lipinski definition) is 5. The minimum Gasteiger partial charge on any atom is -0.492 e. The van der Waals surface area contributed by atoms with E-state index < -0.39 is 51.0 Å². The van der Waals surface area contributed by atoms with Crippen LogP contribution in [0, 0.1) is 31.5 Å². The summed E-state index contributed by atoms with van der Waals surface area (Å²) in [4.78, 5) is 73.0. The Morgan fingerprint density at radius 3 is 1.41 bits per heavy atom. The van der Waals surface area contributed by atoms with Crippen LogP contribution in [0.3, 0.4) is 0 Å². The van der Waals surface area contributed by atoms with Gasteiger partial charge in [0, 0.05) is 134 Å². The van der Waals surface area contributed by atoms with Gasteiger partial charge in [0.1, 0.15) is 60.2 Å². The summed E-state index contributed by atoms with van der Waals surface area (Å²) >= 11 is 9.38. The number of likely N-dealkylation sites (tertiary alicyclic amines) is 1. The first-order valence-electron chi connectivity index (χ1n) is 41.3. The summed E-state index contributed by atoms with van der Waals surface area (Å²) < 4.78 is 135. The fourth-order valence-electron chi connectivity index (χ4n) is 15.5. The highest BCUT2D eigenvalue weighted by atomic mass is 35.5. The maximum atomic E-state index is 13.9. The molecule has 0 spiro atoms. The van der Waals surface area contributed by atoms with E-state index in [2.05, 4.69) is 84.4 Å². The zero-order chi connectivity index (χ0) is 88.7. The molecule has 0 saturated carbocycles. The predicted molar refractivity (Wildman–Crippen MR) is 486 cm³/mol. The van der Waals surface area contributed by atoms with Gasteiger partial charge in [-0.1, -0.05) is 71.8 Å². The molecule has 5 N–H and O–H groups in total. The van der Waals surface area contributed by atoms with E-state index in [1.54, 1.807) is 90.1 Å². The summed E-state index contributed by atoms with van der Waals surface area (Å²) in [6, 6.07) is 52.5. The standard InChI is InChI=1S/C23H26N4O3S2.C22H24FN3O3S2.C22H26N4O5S.C20H21ClN4O4S2/c28-22-7-5-20(24-25-22)21-6-8-23(31-21)32(29,30)27-13-9-17(10-14-27)15-26-12-11-18-3-1-2-4-19(18)16-26;23-18-4-2-1-3-17(18)15-26-12-9-16(10-13-26)11-14-31(28,29)22-8-6-20(30-22)19-5-7-21(27)25-24-19;1-15-3-5-17(6-4-15)31-12-11-25-7-9-26(10-8-25)32(29,30)20-14-19-18(13-16(20)2)23-21(27)22(28)24-19;21-15-1-3-16(4-2-15)29-14-13-24-9-11-25(12-10-24)31(27,28)20-8-6-18(30-20)17-5-7-19(26)23-22-17/h1-8,17H,9-16H2,(H,25,28);1-8,16H,9-15H2,(H,25,27);3-6,13-14H,7-12H2,1-2H3,(H,23,27)(H,24,28);1-8H,9-14H2,(H,23,26). The molecule has 0 amide bonds. The van der Waals surface area contributed by atoms with Crippen molar-refractivity contribution in [3.05, 3.63) is 272 Å². The lowest BCUT2D eigenvalue weighted by atomic mass is 9.94.